The van der Waals surface area contributed by atoms with E-state index in [0.717, 1.165) is 31.4 Å². The molecule has 6 heteroatoms. The average Bonchev–Trinajstić information content (AvgIpc) is 2.62. The van der Waals surface area contributed by atoms with Crippen LogP contribution in [0.4, 0.5) is 0 Å². The molecule has 0 aromatic heterocycles. The van der Waals surface area contributed by atoms with E-state index in [4.69, 9.17) is 9.47 Å². The molecular weight excluding hydrogens is 308 g/mol. The van der Waals surface area contributed by atoms with Crippen LogP contribution in [-0.4, -0.2) is 24.5 Å². The highest BCUT2D eigenvalue weighted by Crippen LogP contribution is 2.23. The summed E-state index contributed by atoms with van der Waals surface area (Å²) in [6, 6.07) is 7.06. The quantitative estimate of drug-likeness (QED) is 0.784. The summed E-state index contributed by atoms with van der Waals surface area (Å²) >= 11 is 0. The van der Waals surface area contributed by atoms with Gasteiger partial charge in [-0.2, -0.15) is 0 Å². The molecule has 2 N–H and O–H groups in total. The minimum Gasteiger partial charge on any atom is -0.494 e. The van der Waals surface area contributed by atoms with E-state index in [1.807, 2.05) is 6.92 Å². The van der Waals surface area contributed by atoms with E-state index < -0.39 is 6.10 Å². The van der Waals surface area contributed by atoms with Crippen molar-refractivity contribution in [1.82, 2.24) is 10.9 Å². The maximum atomic E-state index is 12.0. The zero-order valence-corrected chi connectivity index (χ0v) is 14.3. The molecule has 0 heterocycles. The Morgan fingerprint density at radius 3 is 2.33 bits per heavy atom. The predicted octanol–water partition coefficient (Wildman–Crippen LogP) is 2.58. The second-order valence-electron chi connectivity index (χ2n) is 5.98. The van der Waals surface area contributed by atoms with Crippen LogP contribution in [0.2, 0.25) is 0 Å². The highest BCUT2D eigenvalue weighted by Gasteiger charge is 2.22. The molecule has 6 nitrogen and oxygen atoms in total. The van der Waals surface area contributed by atoms with Crippen molar-refractivity contribution in [3.8, 4) is 11.5 Å². The molecule has 1 aliphatic rings. The van der Waals surface area contributed by atoms with Gasteiger partial charge in [0.1, 0.15) is 11.5 Å². The van der Waals surface area contributed by atoms with Crippen LogP contribution >= 0.6 is 0 Å². The van der Waals surface area contributed by atoms with E-state index in [-0.39, 0.29) is 17.7 Å². The number of carbonyl (C=O) groups is 2. The van der Waals surface area contributed by atoms with Crippen LogP contribution in [-0.2, 0) is 9.59 Å². The summed E-state index contributed by atoms with van der Waals surface area (Å²) in [5.74, 6) is 0.826. The maximum absolute atomic E-state index is 12.0. The molecule has 1 saturated carbocycles. The highest BCUT2D eigenvalue weighted by molar-refractivity contribution is 5.85. The monoisotopic (exact) mass is 334 g/mol. The number of carbonyl (C=O) groups excluding carboxylic acids is 2. The van der Waals surface area contributed by atoms with Crippen molar-refractivity contribution in [3.63, 3.8) is 0 Å². The minimum atomic E-state index is -0.713. The van der Waals surface area contributed by atoms with Gasteiger partial charge in [-0.3, -0.25) is 20.4 Å². The van der Waals surface area contributed by atoms with E-state index in [1.54, 1.807) is 31.2 Å². The van der Waals surface area contributed by atoms with Gasteiger partial charge in [-0.05, 0) is 51.0 Å². The van der Waals surface area contributed by atoms with Gasteiger partial charge in [0.05, 0.1) is 6.61 Å². The van der Waals surface area contributed by atoms with Gasteiger partial charge >= 0.3 is 0 Å². The van der Waals surface area contributed by atoms with Crippen LogP contribution in [0.5, 0.6) is 11.5 Å². The molecule has 0 radical (unpaired) electrons. The number of amides is 2. The molecule has 1 atom stereocenters. The van der Waals surface area contributed by atoms with Crippen molar-refractivity contribution in [3.05, 3.63) is 24.3 Å². The van der Waals surface area contributed by atoms with Crippen LogP contribution < -0.4 is 20.3 Å². The maximum Gasteiger partial charge on any atom is 0.279 e. The van der Waals surface area contributed by atoms with Crippen LogP contribution in [0.25, 0.3) is 0 Å². The summed E-state index contributed by atoms with van der Waals surface area (Å²) in [7, 11) is 0. The van der Waals surface area contributed by atoms with Crippen LogP contribution in [0.3, 0.4) is 0 Å². The van der Waals surface area contributed by atoms with Crippen molar-refractivity contribution in [2.24, 2.45) is 5.92 Å². The van der Waals surface area contributed by atoms with Crippen LogP contribution in [0.1, 0.15) is 46.0 Å². The fourth-order valence-corrected chi connectivity index (χ4v) is 2.73. The van der Waals surface area contributed by atoms with Gasteiger partial charge in [-0.15, -0.1) is 0 Å². The summed E-state index contributed by atoms with van der Waals surface area (Å²) in [5, 5.41) is 0. The summed E-state index contributed by atoms with van der Waals surface area (Å²) in [6.07, 6.45) is 4.39. The summed E-state index contributed by atoms with van der Waals surface area (Å²) in [4.78, 5) is 24.0. The number of ether oxygens (including phenoxy) is 2. The topological polar surface area (TPSA) is 76.7 Å². The second kappa shape index (κ2) is 9.15. The Morgan fingerprint density at radius 1 is 1.08 bits per heavy atom. The third-order valence-electron chi connectivity index (χ3n) is 4.10. The molecule has 1 aromatic rings. The van der Waals surface area contributed by atoms with E-state index in [2.05, 4.69) is 10.9 Å². The Hall–Kier alpha value is -2.24. The zero-order valence-electron chi connectivity index (χ0n) is 14.3. The Labute approximate surface area is 142 Å². The Bertz CT molecular complexity index is 538. The van der Waals surface area contributed by atoms with E-state index in [0.29, 0.717) is 12.4 Å². The third-order valence-corrected chi connectivity index (χ3v) is 4.10. The molecule has 1 aliphatic carbocycles. The largest absolute Gasteiger partial charge is 0.494 e. The van der Waals surface area contributed by atoms with Gasteiger partial charge in [0.15, 0.2) is 6.10 Å². The fraction of sp³-hybridized carbons (Fsp3) is 0.556. The normalized spacial score (nSPS) is 16.1. The van der Waals surface area contributed by atoms with Crippen LogP contribution in [0, 0.1) is 5.92 Å². The molecule has 2 amide bonds. The SMILES string of the molecule is CCOc1ccc(OC(C)C(=O)NNC(=O)C2CCCCC2)cc1. The molecular formula is C18H26N2O4. The predicted molar refractivity (Wildman–Crippen MR) is 90.6 cm³/mol. The van der Waals surface area contributed by atoms with Gasteiger partial charge in [-0.1, -0.05) is 19.3 Å². The molecule has 0 spiro atoms. The average molecular weight is 334 g/mol. The Morgan fingerprint density at radius 2 is 1.71 bits per heavy atom. The smallest absolute Gasteiger partial charge is 0.279 e. The Balaban J connectivity index is 1.75. The van der Waals surface area contributed by atoms with E-state index >= 15 is 0 Å². The second-order valence-corrected chi connectivity index (χ2v) is 5.98. The summed E-state index contributed by atoms with van der Waals surface area (Å²) in [6.45, 7) is 4.15. The van der Waals surface area contributed by atoms with Gasteiger partial charge in [-0.25, -0.2) is 0 Å². The van der Waals surface area contributed by atoms with Gasteiger partial charge in [0, 0.05) is 5.92 Å². The molecule has 1 unspecified atom stereocenters. The first kappa shape index (κ1) is 18.1. The first-order valence-electron chi connectivity index (χ1n) is 8.59. The van der Waals surface area contributed by atoms with E-state index in [1.165, 1.54) is 6.42 Å². The van der Waals surface area contributed by atoms with Crippen molar-refractivity contribution in [2.45, 2.75) is 52.1 Å². The van der Waals surface area contributed by atoms with Gasteiger partial charge in [0.25, 0.3) is 5.91 Å². The Kier molecular flexibility index (Phi) is 6.90. The zero-order chi connectivity index (χ0) is 17.4. The van der Waals surface area contributed by atoms with Gasteiger partial charge in [0.2, 0.25) is 5.91 Å². The molecule has 0 bridgehead atoms. The van der Waals surface area contributed by atoms with Gasteiger partial charge < -0.3 is 9.47 Å². The van der Waals surface area contributed by atoms with Crippen molar-refractivity contribution < 1.29 is 19.1 Å². The lowest BCUT2D eigenvalue weighted by molar-refractivity contribution is -0.134. The molecule has 0 saturated heterocycles. The lowest BCUT2D eigenvalue weighted by atomic mass is 9.89. The number of hydrogen-bond acceptors (Lipinski definition) is 4. The number of hydrogen-bond donors (Lipinski definition) is 2. The third kappa shape index (κ3) is 5.44. The number of rotatable bonds is 6. The first-order valence-corrected chi connectivity index (χ1v) is 8.59. The van der Waals surface area contributed by atoms with Crippen molar-refractivity contribution >= 4 is 11.8 Å². The lowest BCUT2D eigenvalue weighted by Crippen LogP contribution is -2.49. The molecule has 132 valence electrons. The molecule has 0 aliphatic heterocycles. The summed E-state index contributed by atoms with van der Waals surface area (Å²) < 4.78 is 10.9. The minimum absolute atomic E-state index is 0.00128. The number of nitrogens with one attached hydrogen (secondary N) is 2. The number of benzene rings is 1. The number of hydrazine groups is 1. The highest BCUT2D eigenvalue weighted by atomic mass is 16.5. The molecule has 1 aromatic carbocycles. The molecule has 2 rings (SSSR count). The molecule has 1 fully saturated rings. The van der Waals surface area contributed by atoms with Crippen molar-refractivity contribution in [1.29, 1.82) is 0 Å². The fourth-order valence-electron chi connectivity index (χ4n) is 2.73. The first-order chi connectivity index (χ1) is 11.6. The lowest BCUT2D eigenvalue weighted by Gasteiger charge is -2.21. The standard InChI is InChI=1S/C18H26N2O4/c1-3-23-15-9-11-16(12-10-15)24-13(2)17(21)19-20-18(22)14-7-5-4-6-8-14/h9-14H,3-8H2,1-2H3,(H,19,21)(H,20,22). The molecule has 24 heavy (non-hydrogen) atoms. The van der Waals surface area contributed by atoms with Crippen LogP contribution in [0.15, 0.2) is 24.3 Å². The summed E-state index contributed by atoms with van der Waals surface area (Å²) in [5.41, 5.74) is 4.95. The van der Waals surface area contributed by atoms with Crippen molar-refractivity contribution in [2.75, 3.05) is 6.61 Å². The van der Waals surface area contributed by atoms with E-state index in [9.17, 15) is 9.59 Å².